The number of aromatic amines is 1. The predicted octanol–water partition coefficient (Wildman–Crippen LogP) is 2.33. The van der Waals surface area contributed by atoms with Gasteiger partial charge in [0.15, 0.2) is 5.82 Å². The number of carbonyl (C=O) groups is 1. The molecule has 6 heteroatoms. The summed E-state index contributed by atoms with van der Waals surface area (Å²) in [7, 11) is 3.39. The van der Waals surface area contributed by atoms with Crippen LogP contribution in [0.2, 0.25) is 0 Å². The lowest BCUT2D eigenvalue weighted by Crippen LogP contribution is -2.23. The fraction of sp³-hybridized carbons (Fsp3) is 0.471. The van der Waals surface area contributed by atoms with Gasteiger partial charge in [0.1, 0.15) is 0 Å². The molecular weight excluding hydrogens is 290 g/mol. The van der Waals surface area contributed by atoms with Gasteiger partial charge in [0.25, 0.3) is 5.91 Å². The maximum atomic E-state index is 11.9. The predicted molar refractivity (Wildman–Crippen MR) is 89.1 cm³/mol. The van der Waals surface area contributed by atoms with Crippen molar-refractivity contribution in [3.8, 4) is 11.4 Å². The van der Waals surface area contributed by atoms with Gasteiger partial charge in [-0.25, -0.2) is 4.98 Å². The lowest BCUT2D eigenvalue weighted by Gasteiger charge is -2.24. The van der Waals surface area contributed by atoms with Crippen molar-refractivity contribution in [3.63, 3.8) is 0 Å². The Morgan fingerprint density at radius 2 is 1.87 bits per heavy atom. The molecule has 2 heterocycles. The molecule has 1 aliphatic heterocycles. The van der Waals surface area contributed by atoms with Crippen molar-refractivity contribution in [1.29, 1.82) is 0 Å². The molecular formula is C17H23N5O. The third-order valence-electron chi connectivity index (χ3n) is 4.43. The van der Waals surface area contributed by atoms with Crippen LogP contribution in [0.3, 0.4) is 0 Å². The first-order valence-electron chi connectivity index (χ1n) is 8.04. The van der Waals surface area contributed by atoms with Crippen LogP contribution in [0, 0.1) is 0 Å². The van der Waals surface area contributed by atoms with E-state index in [0.29, 0.717) is 11.9 Å². The highest BCUT2D eigenvalue weighted by atomic mass is 16.2. The second kappa shape index (κ2) is 6.50. The van der Waals surface area contributed by atoms with Crippen LogP contribution in [0.1, 0.15) is 42.0 Å². The normalized spacial score (nSPS) is 16.5. The van der Waals surface area contributed by atoms with E-state index in [1.807, 2.05) is 12.1 Å². The number of hydrogen-bond acceptors (Lipinski definition) is 4. The van der Waals surface area contributed by atoms with Crippen LogP contribution in [0.25, 0.3) is 11.4 Å². The van der Waals surface area contributed by atoms with E-state index in [-0.39, 0.29) is 11.7 Å². The summed E-state index contributed by atoms with van der Waals surface area (Å²) >= 11 is 0. The van der Waals surface area contributed by atoms with E-state index < -0.39 is 0 Å². The van der Waals surface area contributed by atoms with Crippen molar-refractivity contribution in [2.45, 2.75) is 25.8 Å². The van der Waals surface area contributed by atoms with Gasteiger partial charge in [-0.1, -0.05) is 24.3 Å². The minimum Gasteiger partial charge on any atom is -0.342 e. The van der Waals surface area contributed by atoms with Crippen molar-refractivity contribution >= 4 is 5.91 Å². The van der Waals surface area contributed by atoms with Gasteiger partial charge < -0.3 is 4.90 Å². The van der Waals surface area contributed by atoms with Crippen molar-refractivity contribution in [2.75, 3.05) is 27.2 Å². The summed E-state index contributed by atoms with van der Waals surface area (Å²) in [5.41, 5.74) is 2.22. The Hall–Kier alpha value is -2.21. The Balaban J connectivity index is 1.75. The lowest BCUT2D eigenvalue weighted by molar-refractivity contribution is 0.0816. The van der Waals surface area contributed by atoms with E-state index in [0.717, 1.165) is 5.56 Å². The number of H-pyrrole nitrogens is 1. The first kappa shape index (κ1) is 15.7. The van der Waals surface area contributed by atoms with Crippen LogP contribution in [0.5, 0.6) is 0 Å². The Kier molecular flexibility index (Phi) is 4.43. The van der Waals surface area contributed by atoms with Crippen molar-refractivity contribution < 1.29 is 4.79 Å². The first-order valence-corrected chi connectivity index (χ1v) is 8.04. The molecule has 0 unspecified atom stereocenters. The number of aromatic nitrogens is 3. The van der Waals surface area contributed by atoms with Crippen LogP contribution in [-0.4, -0.2) is 58.1 Å². The smallest absolute Gasteiger partial charge is 0.290 e. The molecule has 1 aliphatic rings. The van der Waals surface area contributed by atoms with Gasteiger partial charge in [-0.15, -0.1) is 0 Å². The minimum absolute atomic E-state index is 0.178. The summed E-state index contributed by atoms with van der Waals surface area (Å²) in [6.07, 6.45) is 2.59. The summed E-state index contributed by atoms with van der Waals surface area (Å²) < 4.78 is 0. The third-order valence-corrected chi connectivity index (χ3v) is 4.43. The molecule has 1 amide bonds. The molecule has 0 spiro atoms. The summed E-state index contributed by atoms with van der Waals surface area (Å²) in [6.45, 7) is 4.61. The van der Waals surface area contributed by atoms with E-state index in [4.69, 9.17) is 0 Å². The maximum Gasteiger partial charge on any atom is 0.290 e. The molecule has 1 aromatic carbocycles. The van der Waals surface area contributed by atoms with Crippen LogP contribution < -0.4 is 0 Å². The van der Waals surface area contributed by atoms with Crippen LogP contribution >= 0.6 is 0 Å². The summed E-state index contributed by atoms with van der Waals surface area (Å²) in [5.74, 6) is 0.637. The Bertz CT molecular complexity index is 671. The number of nitrogens with zero attached hydrogens (tertiary/aromatic N) is 4. The molecule has 0 radical (unpaired) electrons. The van der Waals surface area contributed by atoms with Crippen LogP contribution in [-0.2, 0) is 0 Å². The summed E-state index contributed by atoms with van der Waals surface area (Å²) in [4.78, 5) is 20.1. The van der Waals surface area contributed by atoms with E-state index in [1.165, 1.54) is 36.4 Å². The van der Waals surface area contributed by atoms with Gasteiger partial charge in [0.05, 0.1) is 0 Å². The topological polar surface area (TPSA) is 65.1 Å². The lowest BCUT2D eigenvalue weighted by atomic mass is 10.0. The molecule has 0 aliphatic carbocycles. The molecule has 2 aromatic rings. The average Bonchev–Trinajstić information content (AvgIpc) is 3.25. The fourth-order valence-electron chi connectivity index (χ4n) is 2.95. The Labute approximate surface area is 136 Å². The molecule has 0 saturated carbocycles. The number of carbonyl (C=O) groups excluding carboxylic acids is 1. The highest BCUT2D eigenvalue weighted by molar-refractivity contribution is 5.90. The van der Waals surface area contributed by atoms with Crippen molar-refractivity contribution in [3.05, 3.63) is 35.7 Å². The molecule has 3 rings (SSSR count). The fourth-order valence-corrected chi connectivity index (χ4v) is 2.95. The Morgan fingerprint density at radius 3 is 2.48 bits per heavy atom. The standard InChI is InChI=1S/C17H23N5O/c1-12(22-10-4-5-11-22)13-6-8-14(9-7-13)15-18-16(20-19-15)17(23)21(2)3/h6-9,12H,4-5,10-11H2,1-3H3,(H,18,19,20)/t12-/m0/s1. The highest BCUT2D eigenvalue weighted by Crippen LogP contribution is 2.26. The quantitative estimate of drug-likeness (QED) is 0.941. The Morgan fingerprint density at radius 1 is 1.22 bits per heavy atom. The second-order valence-electron chi connectivity index (χ2n) is 6.25. The van der Waals surface area contributed by atoms with Crippen LogP contribution in [0.15, 0.2) is 24.3 Å². The summed E-state index contributed by atoms with van der Waals surface area (Å²) in [5, 5.41) is 6.85. The molecule has 23 heavy (non-hydrogen) atoms. The third kappa shape index (κ3) is 3.27. The number of nitrogens with one attached hydrogen (secondary N) is 1. The van der Waals surface area contributed by atoms with Gasteiger partial charge >= 0.3 is 0 Å². The zero-order valence-corrected chi connectivity index (χ0v) is 13.9. The van der Waals surface area contributed by atoms with Gasteiger partial charge in [-0.05, 0) is 38.4 Å². The maximum absolute atomic E-state index is 11.9. The zero-order chi connectivity index (χ0) is 16.4. The first-order chi connectivity index (χ1) is 11.1. The van der Waals surface area contributed by atoms with Crippen molar-refractivity contribution in [1.82, 2.24) is 25.0 Å². The number of benzene rings is 1. The number of amides is 1. The number of likely N-dealkylation sites (tertiary alicyclic amines) is 1. The number of hydrogen-bond donors (Lipinski definition) is 1. The molecule has 6 nitrogen and oxygen atoms in total. The van der Waals surface area contributed by atoms with Gasteiger partial charge in [0.2, 0.25) is 5.82 Å². The van der Waals surface area contributed by atoms with Gasteiger partial charge in [-0.3, -0.25) is 14.8 Å². The number of rotatable bonds is 4. The molecule has 1 N–H and O–H groups in total. The van der Waals surface area contributed by atoms with E-state index in [9.17, 15) is 4.79 Å². The SMILES string of the molecule is C[C@@H](c1ccc(-c2n[nH]c(C(=O)N(C)C)n2)cc1)N1CCCC1. The molecule has 1 atom stereocenters. The molecule has 0 bridgehead atoms. The molecule has 1 saturated heterocycles. The van der Waals surface area contributed by atoms with Crippen molar-refractivity contribution in [2.24, 2.45) is 0 Å². The zero-order valence-electron chi connectivity index (χ0n) is 13.9. The van der Waals surface area contributed by atoms with Gasteiger partial charge in [0, 0.05) is 25.7 Å². The second-order valence-corrected chi connectivity index (χ2v) is 6.25. The van der Waals surface area contributed by atoms with E-state index in [1.54, 1.807) is 14.1 Å². The molecule has 1 fully saturated rings. The summed E-state index contributed by atoms with van der Waals surface area (Å²) in [6, 6.07) is 8.73. The van der Waals surface area contributed by atoms with E-state index >= 15 is 0 Å². The minimum atomic E-state index is -0.178. The highest BCUT2D eigenvalue weighted by Gasteiger charge is 2.20. The average molecular weight is 313 g/mol. The largest absolute Gasteiger partial charge is 0.342 e. The van der Waals surface area contributed by atoms with Gasteiger partial charge in [-0.2, -0.15) is 5.10 Å². The molecule has 122 valence electrons. The molecule has 1 aromatic heterocycles. The monoisotopic (exact) mass is 313 g/mol. The van der Waals surface area contributed by atoms with E-state index in [2.05, 4.69) is 39.1 Å². The van der Waals surface area contributed by atoms with Crippen LogP contribution in [0.4, 0.5) is 0 Å².